The van der Waals surface area contributed by atoms with E-state index in [1.165, 1.54) is 23.0 Å². The number of hydrogen-bond acceptors (Lipinski definition) is 8. The minimum atomic E-state index is -0.850. The molecule has 3 aromatic carbocycles. The SMILES string of the molecule is CCOC(=O)C1=C(c2ccccc2)N=c2s/c(=C\c3ccc(-c4ccc(Br)cc4)o3)c(=O)n2[C@@H]1c1ccc(OC)c(OC)c1. The highest BCUT2D eigenvalue weighted by molar-refractivity contribution is 9.10. The lowest BCUT2D eigenvalue weighted by molar-refractivity contribution is -0.138. The summed E-state index contributed by atoms with van der Waals surface area (Å²) in [5.74, 6) is 1.62. The molecule has 2 aromatic heterocycles. The van der Waals surface area contributed by atoms with Crippen LogP contribution in [0.15, 0.2) is 109 Å². The predicted molar refractivity (Wildman–Crippen MR) is 172 cm³/mol. The van der Waals surface area contributed by atoms with Gasteiger partial charge < -0.3 is 18.6 Å². The number of furan rings is 1. The van der Waals surface area contributed by atoms with Crippen molar-refractivity contribution in [1.29, 1.82) is 0 Å². The number of carbonyl (C=O) groups is 1. The van der Waals surface area contributed by atoms with Crippen LogP contribution in [0.25, 0.3) is 23.1 Å². The number of aromatic nitrogens is 1. The van der Waals surface area contributed by atoms with Gasteiger partial charge in [0, 0.05) is 21.7 Å². The number of hydrogen-bond donors (Lipinski definition) is 0. The normalized spacial score (nSPS) is 14.6. The maximum Gasteiger partial charge on any atom is 0.338 e. The molecule has 5 aromatic rings. The van der Waals surface area contributed by atoms with Crippen molar-refractivity contribution in [3.63, 3.8) is 0 Å². The van der Waals surface area contributed by atoms with Crippen LogP contribution < -0.4 is 24.4 Å². The lowest BCUT2D eigenvalue weighted by Crippen LogP contribution is -2.40. The number of ether oxygens (including phenoxy) is 3. The third-order valence-corrected chi connectivity index (χ3v) is 8.64. The Bertz CT molecular complexity index is 2060. The van der Waals surface area contributed by atoms with Gasteiger partial charge in [-0.1, -0.05) is 75.8 Å². The maximum atomic E-state index is 14.2. The summed E-state index contributed by atoms with van der Waals surface area (Å²) in [6, 6.07) is 25.4. The van der Waals surface area contributed by atoms with Gasteiger partial charge >= 0.3 is 5.97 Å². The zero-order valence-corrected chi connectivity index (χ0v) is 26.5. The molecule has 0 amide bonds. The van der Waals surface area contributed by atoms with Crippen molar-refractivity contribution < 1.29 is 23.4 Å². The second-order valence-corrected chi connectivity index (χ2v) is 11.7. The van der Waals surface area contributed by atoms with E-state index in [1.54, 1.807) is 32.2 Å². The first-order valence-corrected chi connectivity index (χ1v) is 15.4. The fourth-order valence-electron chi connectivity index (χ4n) is 5.11. The van der Waals surface area contributed by atoms with E-state index in [0.717, 1.165) is 15.6 Å². The van der Waals surface area contributed by atoms with E-state index in [4.69, 9.17) is 23.6 Å². The maximum absolute atomic E-state index is 14.2. The van der Waals surface area contributed by atoms with Crippen molar-refractivity contribution in [3.05, 3.63) is 132 Å². The van der Waals surface area contributed by atoms with Crippen molar-refractivity contribution in [1.82, 2.24) is 4.57 Å². The molecule has 8 nitrogen and oxygen atoms in total. The van der Waals surface area contributed by atoms with Gasteiger partial charge in [-0.25, -0.2) is 9.79 Å². The van der Waals surface area contributed by atoms with Crippen LogP contribution in [0.1, 0.15) is 29.9 Å². The third kappa shape index (κ3) is 5.54. The molecule has 1 aliphatic heterocycles. The molecule has 0 unspecified atom stereocenters. The average Bonchev–Trinajstić information content (AvgIpc) is 3.64. The Morgan fingerprint density at radius 1 is 0.977 bits per heavy atom. The standard InChI is InChI=1S/C34H27BrN2O6S/c1-4-42-33(39)29-30(21-8-6-5-7-9-21)36-34-37(31(29)22-12-16-26(40-2)27(18-22)41-3)32(38)28(44-34)19-24-15-17-25(43-24)20-10-13-23(35)14-11-20/h5-19,31H,4H2,1-3H3/b28-19-/t31-/m1/s1. The second kappa shape index (κ2) is 12.5. The predicted octanol–water partition coefficient (Wildman–Crippen LogP) is 5.98. The van der Waals surface area contributed by atoms with Crippen molar-refractivity contribution in [2.75, 3.05) is 20.8 Å². The van der Waals surface area contributed by atoms with Gasteiger partial charge in [-0.2, -0.15) is 0 Å². The first-order valence-electron chi connectivity index (χ1n) is 13.8. The molecule has 10 heteroatoms. The van der Waals surface area contributed by atoms with E-state index in [0.29, 0.717) is 43.6 Å². The largest absolute Gasteiger partial charge is 0.493 e. The minimum Gasteiger partial charge on any atom is -0.493 e. The van der Waals surface area contributed by atoms with E-state index < -0.39 is 12.0 Å². The summed E-state index contributed by atoms with van der Waals surface area (Å²) < 4.78 is 25.6. The number of thiazole rings is 1. The fourth-order valence-corrected chi connectivity index (χ4v) is 6.35. The highest BCUT2D eigenvalue weighted by Crippen LogP contribution is 2.38. The molecule has 1 atom stereocenters. The summed E-state index contributed by atoms with van der Waals surface area (Å²) in [6.07, 6.45) is 1.70. The van der Waals surface area contributed by atoms with Crippen LogP contribution >= 0.6 is 27.3 Å². The number of carbonyl (C=O) groups excluding carboxylic acids is 1. The van der Waals surface area contributed by atoms with Crippen LogP contribution in [-0.4, -0.2) is 31.4 Å². The van der Waals surface area contributed by atoms with Gasteiger partial charge in [0.25, 0.3) is 5.56 Å². The number of rotatable bonds is 8. The van der Waals surface area contributed by atoms with Gasteiger partial charge in [0.1, 0.15) is 11.5 Å². The number of halogens is 1. The van der Waals surface area contributed by atoms with Gasteiger partial charge in [0.15, 0.2) is 16.3 Å². The topological polar surface area (TPSA) is 92.3 Å². The molecule has 44 heavy (non-hydrogen) atoms. The molecule has 3 heterocycles. The number of nitrogens with zero attached hydrogens (tertiary/aromatic N) is 2. The molecule has 0 radical (unpaired) electrons. The zero-order chi connectivity index (χ0) is 30.8. The number of esters is 1. The molecule has 0 aliphatic carbocycles. The summed E-state index contributed by atoms with van der Waals surface area (Å²) in [6.45, 7) is 1.90. The fraction of sp³-hybridized carbons (Fsp3) is 0.147. The third-order valence-electron chi connectivity index (χ3n) is 7.13. The summed E-state index contributed by atoms with van der Waals surface area (Å²) in [7, 11) is 3.09. The number of fused-ring (bicyclic) bond motifs is 1. The first kappa shape index (κ1) is 29.4. The molecular weight excluding hydrogens is 644 g/mol. The van der Waals surface area contributed by atoms with Crippen LogP contribution in [0.5, 0.6) is 11.5 Å². The van der Waals surface area contributed by atoms with Crippen molar-refractivity contribution in [2.24, 2.45) is 4.99 Å². The van der Waals surface area contributed by atoms with Crippen LogP contribution in [0, 0.1) is 0 Å². The van der Waals surface area contributed by atoms with Gasteiger partial charge in [0.2, 0.25) is 0 Å². The average molecular weight is 672 g/mol. The monoisotopic (exact) mass is 670 g/mol. The Kier molecular flexibility index (Phi) is 8.36. The lowest BCUT2D eigenvalue weighted by Gasteiger charge is -2.26. The number of benzene rings is 3. The Balaban J connectivity index is 1.58. The van der Waals surface area contributed by atoms with Crippen LogP contribution in [0.3, 0.4) is 0 Å². The highest BCUT2D eigenvalue weighted by atomic mass is 79.9. The second-order valence-electron chi connectivity index (χ2n) is 9.75. The van der Waals surface area contributed by atoms with Crippen molar-refractivity contribution in [2.45, 2.75) is 13.0 Å². The molecule has 6 rings (SSSR count). The quantitative estimate of drug-likeness (QED) is 0.189. The van der Waals surface area contributed by atoms with E-state index in [1.807, 2.05) is 72.8 Å². The van der Waals surface area contributed by atoms with E-state index in [2.05, 4.69) is 15.9 Å². The molecule has 0 N–H and O–H groups in total. The van der Waals surface area contributed by atoms with Crippen LogP contribution in [0.4, 0.5) is 0 Å². The molecule has 222 valence electrons. The smallest absolute Gasteiger partial charge is 0.338 e. The minimum absolute atomic E-state index is 0.159. The zero-order valence-electron chi connectivity index (χ0n) is 24.1. The van der Waals surface area contributed by atoms with Gasteiger partial charge in [-0.3, -0.25) is 9.36 Å². The van der Waals surface area contributed by atoms with Gasteiger partial charge in [-0.15, -0.1) is 0 Å². The summed E-state index contributed by atoms with van der Waals surface area (Å²) in [4.78, 5) is 33.2. The molecule has 1 aliphatic rings. The van der Waals surface area contributed by atoms with Gasteiger partial charge in [-0.05, 0) is 48.9 Å². The molecule has 0 saturated carbocycles. The van der Waals surface area contributed by atoms with E-state index >= 15 is 0 Å². The summed E-state index contributed by atoms with van der Waals surface area (Å²) in [5.41, 5.74) is 2.64. The van der Waals surface area contributed by atoms with Crippen LogP contribution in [-0.2, 0) is 9.53 Å². The molecule has 0 fully saturated rings. The van der Waals surface area contributed by atoms with Crippen molar-refractivity contribution >= 4 is 45.0 Å². The van der Waals surface area contributed by atoms with E-state index in [9.17, 15) is 9.59 Å². The Labute approximate surface area is 265 Å². The first-order chi connectivity index (χ1) is 21.4. The Morgan fingerprint density at radius 2 is 1.73 bits per heavy atom. The molecule has 0 bridgehead atoms. The highest BCUT2D eigenvalue weighted by Gasteiger charge is 2.35. The molecule has 0 saturated heterocycles. The van der Waals surface area contributed by atoms with Gasteiger partial charge in [0.05, 0.1) is 42.7 Å². The van der Waals surface area contributed by atoms with E-state index in [-0.39, 0.29) is 17.7 Å². The Morgan fingerprint density at radius 3 is 2.43 bits per heavy atom. The number of methoxy groups -OCH3 is 2. The summed E-state index contributed by atoms with van der Waals surface area (Å²) in [5, 5.41) is 0. The summed E-state index contributed by atoms with van der Waals surface area (Å²) >= 11 is 4.68. The Hall–Kier alpha value is -4.67. The van der Waals surface area contributed by atoms with Crippen molar-refractivity contribution in [3.8, 4) is 22.8 Å². The molecule has 0 spiro atoms. The lowest BCUT2D eigenvalue weighted by atomic mass is 9.93. The molecular formula is C34H27BrN2O6S. The van der Waals surface area contributed by atoms with Crippen LogP contribution in [0.2, 0.25) is 0 Å².